The summed E-state index contributed by atoms with van der Waals surface area (Å²) in [5.41, 5.74) is 3.62. The summed E-state index contributed by atoms with van der Waals surface area (Å²) in [4.78, 5) is 23.0. The number of carbonyl (C=O) groups excluding carboxylic acids is 1. The average Bonchev–Trinajstić information content (AvgIpc) is 2.69. The molecule has 1 atom stereocenters. The van der Waals surface area contributed by atoms with Crippen LogP contribution in [0.25, 0.3) is 0 Å². The summed E-state index contributed by atoms with van der Waals surface area (Å²) in [5, 5.41) is 3.21. The molecule has 1 aliphatic rings. The van der Waals surface area contributed by atoms with Gasteiger partial charge in [-0.15, -0.1) is 0 Å². The summed E-state index contributed by atoms with van der Waals surface area (Å²) in [5.74, 6) is 0.793. The van der Waals surface area contributed by atoms with Crippen LogP contribution in [0.2, 0.25) is 0 Å². The molecule has 0 aliphatic carbocycles. The molecule has 1 N–H and O–H groups in total. The van der Waals surface area contributed by atoms with Gasteiger partial charge in [-0.25, -0.2) is 0 Å². The van der Waals surface area contributed by atoms with Crippen LogP contribution in [-0.4, -0.2) is 39.9 Å². The summed E-state index contributed by atoms with van der Waals surface area (Å²) in [6, 6.07) is 9.25. The van der Waals surface area contributed by atoms with Crippen molar-refractivity contribution in [3.8, 4) is 0 Å². The Kier molecular flexibility index (Phi) is 7.54. The Morgan fingerprint density at radius 3 is 2.71 bits per heavy atom. The SMILES string of the molecule is CC(C)Cc1ccc(CN2CCCC(NC(=O)CCc3cnccn3)C2)cc1. The second-order valence-electron chi connectivity index (χ2n) is 8.25. The molecule has 0 saturated carbocycles. The molecule has 1 fully saturated rings. The van der Waals surface area contributed by atoms with E-state index in [2.05, 4.69) is 58.3 Å². The highest BCUT2D eigenvalue weighted by molar-refractivity contribution is 5.76. The highest BCUT2D eigenvalue weighted by Gasteiger charge is 2.21. The molecule has 1 aliphatic heterocycles. The van der Waals surface area contributed by atoms with Gasteiger partial charge in [0.1, 0.15) is 0 Å². The van der Waals surface area contributed by atoms with Crippen LogP contribution in [0.15, 0.2) is 42.9 Å². The van der Waals surface area contributed by atoms with Gasteiger partial charge in [-0.05, 0) is 49.3 Å². The lowest BCUT2D eigenvalue weighted by atomic mass is 10.0. The van der Waals surface area contributed by atoms with Gasteiger partial charge >= 0.3 is 0 Å². The summed E-state index contributed by atoms with van der Waals surface area (Å²) in [7, 11) is 0. The van der Waals surface area contributed by atoms with E-state index in [4.69, 9.17) is 0 Å². The Labute approximate surface area is 168 Å². The first-order valence-electron chi connectivity index (χ1n) is 10.4. The van der Waals surface area contributed by atoms with Gasteiger partial charge in [0.2, 0.25) is 5.91 Å². The number of benzene rings is 1. The summed E-state index contributed by atoms with van der Waals surface area (Å²) < 4.78 is 0. The van der Waals surface area contributed by atoms with Gasteiger partial charge in [0.05, 0.1) is 5.69 Å². The normalized spacial score (nSPS) is 17.6. The maximum atomic E-state index is 12.3. The maximum Gasteiger partial charge on any atom is 0.220 e. The number of aromatic nitrogens is 2. The van der Waals surface area contributed by atoms with Crippen molar-refractivity contribution in [2.75, 3.05) is 13.1 Å². The molecule has 0 bridgehead atoms. The zero-order valence-corrected chi connectivity index (χ0v) is 17.1. The molecular weight excluding hydrogens is 348 g/mol. The minimum Gasteiger partial charge on any atom is -0.352 e. The van der Waals surface area contributed by atoms with Crippen LogP contribution in [0.3, 0.4) is 0 Å². The molecule has 1 saturated heterocycles. The van der Waals surface area contributed by atoms with Crippen molar-refractivity contribution in [3.63, 3.8) is 0 Å². The number of aryl methyl sites for hydroxylation is 1. The molecule has 5 heteroatoms. The second kappa shape index (κ2) is 10.3. The maximum absolute atomic E-state index is 12.3. The molecule has 2 heterocycles. The summed E-state index contributed by atoms with van der Waals surface area (Å²) in [6.07, 6.45) is 9.46. The van der Waals surface area contributed by atoms with E-state index in [-0.39, 0.29) is 11.9 Å². The molecule has 0 radical (unpaired) electrons. The molecule has 2 aromatic rings. The third-order valence-electron chi connectivity index (χ3n) is 5.17. The van der Waals surface area contributed by atoms with Gasteiger partial charge in [-0.3, -0.25) is 19.7 Å². The van der Waals surface area contributed by atoms with Crippen molar-refractivity contribution < 1.29 is 4.79 Å². The summed E-state index contributed by atoms with van der Waals surface area (Å²) >= 11 is 0. The minimum atomic E-state index is 0.107. The number of hydrogen-bond acceptors (Lipinski definition) is 4. The number of piperidine rings is 1. The van der Waals surface area contributed by atoms with E-state index in [9.17, 15) is 4.79 Å². The van der Waals surface area contributed by atoms with Crippen molar-refractivity contribution in [1.29, 1.82) is 0 Å². The Bertz CT molecular complexity index is 730. The Morgan fingerprint density at radius 2 is 2.00 bits per heavy atom. The molecule has 150 valence electrons. The zero-order chi connectivity index (χ0) is 19.8. The summed E-state index contributed by atoms with van der Waals surface area (Å²) in [6.45, 7) is 7.48. The lowest BCUT2D eigenvalue weighted by Crippen LogP contribution is -2.47. The predicted molar refractivity (Wildman–Crippen MR) is 112 cm³/mol. The van der Waals surface area contributed by atoms with E-state index in [1.54, 1.807) is 18.6 Å². The van der Waals surface area contributed by atoms with E-state index < -0.39 is 0 Å². The van der Waals surface area contributed by atoms with Crippen LogP contribution in [0.1, 0.15) is 49.9 Å². The third-order valence-corrected chi connectivity index (χ3v) is 5.17. The third kappa shape index (κ3) is 6.71. The van der Waals surface area contributed by atoms with E-state index in [1.165, 1.54) is 11.1 Å². The Hall–Kier alpha value is -2.27. The lowest BCUT2D eigenvalue weighted by Gasteiger charge is -2.33. The van der Waals surface area contributed by atoms with Crippen LogP contribution in [0.5, 0.6) is 0 Å². The van der Waals surface area contributed by atoms with E-state index in [0.717, 1.165) is 44.6 Å². The first-order chi connectivity index (χ1) is 13.6. The van der Waals surface area contributed by atoms with E-state index in [0.29, 0.717) is 18.8 Å². The first-order valence-corrected chi connectivity index (χ1v) is 10.4. The Morgan fingerprint density at radius 1 is 1.21 bits per heavy atom. The predicted octanol–water partition coefficient (Wildman–Crippen LogP) is 3.39. The zero-order valence-electron chi connectivity index (χ0n) is 17.1. The molecule has 28 heavy (non-hydrogen) atoms. The average molecular weight is 381 g/mol. The Balaban J connectivity index is 1.44. The van der Waals surface area contributed by atoms with Crippen molar-refractivity contribution in [3.05, 3.63) is 59.7 Å². The van der Waals surface area contributed by atoms with Crippen molar-refractivity contribution >= 4 is 5.91 Å². The smallest absolute Gasteiger partial charge is 0.220 e. The number of nitrogens with zero attached hydrogens (tertiary/aromatic N) is 3. The highest BCUT2D eigenvalue weighted by atomic mass is 16.1. The fourth-order valence-electron chi connectivity index (χ4n) is 3.83. The fraction of sp³-hybridized carbons (Fsp3) is 0.522. The lowest BCUT2D eigenvalue weighted by molar-refractivity contribution is -0.122. The molecule has 1 aromatic heterocycles. The van der Waals surface area contributed by atoms with E-state index in [1.807, 2.05) is 0 Å². The van der Waals surface area contributed by atoms with E-state index >= 15 is 0 Å². The molecule has 1 unspecified atom stereocenters. The van der Waals surface area contributed by atoms with Crippen molar-refractivity contribution in [2.24, 2.45) is 5.92 Å². The highest BCUT2D eigenvalue weighted by Crippen LogP contribution is 2.16. The number of likely N-dealkylation sites (tertiary alicyclic amines) is 1. The van der Waals surface area contributed by atoms with Gasteiger partial charge in [-0.1, -0.05) is 38.1 Å². The number of amides is 1. The molecular formula is C23H32N4O. The monoisotopic (exact) mass is 380 g/mol. The largest absolute Gasteiger partial charge is 0.352 e. The molecule has 3 rings (SSSR count). The van der Waals surface area contributed by atoms with Crippen molar-refractivity contribution in [2.45, 2.75) is 58.5 Å². The number of carbonyl (C=O) groups is 1. The van der Waals surface area contributed by atoms with Crippen LogP contribution >= 0.6 is 0 Å². The molecule has 1 aromatic carbocycles. The first kappa shape index (κ1) is 20.5. The van der Waals surface area contributed by atoms with Gasteiger partial charge in [0.15, 0.2) is 0 Å². The van der Waals surface area contributed by atoms with Crippen LogP contribution in [0.4, 0.5) is 0 Å². The fourth-order valence-corrected chi connectivity index (χ4v) is 3.83. The second-order valence-corrected chi connectivity index (χ2v) is 8.25. The quantitative estimate of drug-likeness (QED) is 0.763. The van der Waals surface area contributed by atoms with Gasteiger partial charge in [0.25, 0.3) is 0 Å². The van der Waals surface area contributed by atoms with Crippen LogP contribution in [0, 0.1) is 5.92 Å². The number of hydrogen-bond donors (Lipinski definition) is 1. The molecule has 1 amide bonds. The number of rotatable bonds is 8. The topological polar surface area (TPSA) is 58.1 Å². The van der Waals surface area contributed by atoms with Crippen molar-refractivity contribution in [1.82, 2.24) is 20.2 Å². The van der Waals surface area contributed by atoms with Crippen LogP contribution in [-0.2, 0) is 24.2 Å². The van der Waals surface area contributed by atoms with Gasteiger partial charge in [0, 0.05) is 44.1 Å². The van der Waals surface area contributed by atoms with Crippen LogP contribution < -0.4 is 5.32 Å². The molecule has 0 spiro atoms. The number of nitrogens with one attached hydrogen (secondary N) is 1. The van der Waals surface area contributed by atoms with Gasteiger partial charge < -0.3 is 5.32 Å². The minimum absolute atomic E-state index is 0.107. The molecule has 5 nitrogen and oxygen atoms in total. The standard InChI is InChI=1S/C23H32N4O/c1-18(2)14-19-5-7-20(8-6-19)16-27-13-3-4-22(17-27)26-23(28)10-9-21-15-24-11-12-25-21/h5-8,11-12,15,18,22H,3-4,9-10,13-14,16-17H2,1-2H3,(H,26,28). The van der Waals surface area contributed by atoms with Gasteiger partial charge in [-0.2, -0.15) is 0 Å².